The number of nitrogens with one attached hydrogen (secondary N) is 2. The Bertz CT molecular complexity index is 859. The highest BCUT2D eigenvalue weighted by atomic mass is 35.5. The van der Waals surface area contributed by atoms with Crippen LogP contribution in [0.2, 0.25) is 5.02 Å². The summed E-state index contributed by atoms with van der Waals surface area (Å²) in [5.74, 6) is 0.317. The summed E-state index contributed by atoms with van der Waals surface area (Å²) in [6.07, 6.45) is 6.00. The molecule has 0 bridgehead atoms. The molecule has 5 nitrogen and oxygen atoms in total. The molecule has 2 heterocycles. The molecule has 0 aliphatic heterocycles. The van der Waals surface area contributed by atoms with E-state index in [1.165, 1.54) is 5.56 Å². The highest BCUT2D eigenvalue weighted by Gasteiger charge is 2.12. The van der Waals surface area contributed by atoms with Crippen molar-refractivity contribution in [1.29, 1.82) is 0 Å². The Morgan fingerprint density at radius 2 is 1.85 bits per heavy atom. The fourth-order valence-electron chi connectivity index (χ4n) is 2.37. The number of rotatable bonds is 6. The first-order chi connectivity index (χ1) is 12.2. The van der Waals surface area contributed by atoms with E-state index in [0.717, 1.165) is 6.42 Å². The largest absolute Gasteiger partial charge is 0.369 e. The lowest BCUT2D eigenvalue weighted by Crippen LogP contribution is -2.16. The number of benzene rings is 1. The van der Waals surface area contributed by atoms with Crippen LogP contribution in [-0.4, -0.2) is 22.4 Å². The summed E-state index contributed by atoms with van der Waals surface area (Å²) in [4.78, 5) is 20.8. The van der Waals surface area contributed by atoms with E-state index in [-0.39, 0.29) is 18.3 Å². The number of carbonyl (C=O) groups excluding carboxylic acids is 1. The van der Waals surface area contributed by atoms with E-state index in [1.807, 2.05) is 12.1 Å². The number of hydrogen-bond donors (Lipinski definition) is 2. The van der Waals surface area contributed by atoms with Crippen molar-refractivity contribution in [3.8, 4) is 0 Å². The van der Waals surface area contributed by atoms with Crippen molar-refractivity contribution in [2.75, 3.05) is 17.2 Å². The minimum absolute atomic E-state index is 0. The van der Waals surface area contributed by atoms with E-state index in [9.17, 15) is 4.79 Å². The average molecular weight is 389 g/mol. The molecular weight excluding hydrogens is 371 g/mol. The molecule has 0 saturated carbocycles. The molecule has 2 aromatic heterocycles. The normalized spacial score (nSPS) is 9.88. The fourth-order valence-corrected chi connectivity index (χ4v) is 2.56. The van der Waals surface area contributed by atoms with Crippen LogP contribution in [-0.2, 0) is 6.42 Å². The van der Waals surface area contributed by atoms with Crippen LogP contribution in [0, 0.1) is 0 Å². The maximum atomic E-state index is 12.5. The van der Waals surface area contributed by atoms with Crippen LogP contribution >= 0.6 is 24.0 Å². The molecule has 3 aromatic rings. The summed E-state index contributed by atoms with van der Waals surface area (Å²) in [6.45, 7) is 0.665. The predicted molar refractivity (Wildman–Crippen MR) is 107 cm³/mol. The molecule has 0 spiro atoms. The van der Waals surface area contributed by atoms with Gasteiger partial charge in [0.15, 0.2) is 0 Å². The molecule has 0 aliphatic carbocycles. The minimum atomic E-state index is -0.234. The van der Waals surface area contributed by atoms with Crippen molar-refractivity contribution < 1.29 is 4.79 Å². The molecule has 7 heteroatoms. The van der Waals surface area contributed by atoms with E-state index in [0.29, 0.717) is 28.6 Å². The molecule has 3 rings (SSSR count). The molecule has 0 fully saturated rings. The third kappa shape index (κ3) is 5.44. The molecule has 0 atom stereocenters. The first kappa shape index (κ1) is 19.7. The van der Waals surface area contributed by atoms with Gasteiger partial charge >= 0.3 is 0 Å². The number of halogens is 2. The van der Waals surface area contributed by atoms with E-state index < -0.39 is 0 Å². The quantitative estimate of drug-likeness (QED) is 0.653. The Balaban J connectivity index is 0.00000243. The van der Waals surface area contributed by atoms with E-state index >= 15 is 0 Å². The van der Waals surface area contributed by atoms with Gasteiger partial charge in [-0.3, -0.25) is 9.78 Å². The van der Waals surface area contributed by atoms with E-state index in [1.54, 1.807) is 55.0 Å². The van der Waals surface area contributed by atoms with Crippen molar-refractivity contribution in [2.24, 2.45) is 0 Å². The molecule has 1 amide bonds. The zero-order valence-corrected chi connectivity index (χ0v) is 15.4. The molecule has 26 heavy (non-hydrogen) atoms. The molecule has 0 aliphatic rings. The van der Waals surface area contributed by atoms with Crippen LogP contribution in [0.15, 0.2) is 67.1 Å². The Hall–Kier alpha value is -2.63. The van der Waals surface area contributed by atoms with Gasteiger partial charge in [0.05, 0.1) is 5.56 Å². The Kier molecular flexibility index (Phi) is 7.38. The summed E-state index contributed by atoms with van der Waals surface area (Å²) in [5, 5.41) is 6.63. The lowest BCUT2D eigenvalue weighted by Gasteiger charge is -2.11. The zero-order valence-electron chi connectivity index (χ0n) is 13.9. The number of anilines is 2. The van der Waals surface area contributed by atoms with E-state index in [2.05, 4.69) is 20.6 Å². The Morgan fingerprint density at radius 1 is 1.04 bits per heavy atom. The van der Waals surface area contributed by atoms with Crippen LogP contribution < -0.4 is 10.6 Å². The molecule has 0 saturated heterocycles. The second-order valence-corrected chi connectivity index (χ2v) is 5.83. The maximum absolute atomic E-state index is 12.5. The minimum Gasteiger partial charge on any atom is -0.369 e. The van der Waals surface area contributed by atoms with Gasteiger partial charge in [0, 0.05) is 35.8 Å². The van der Waals surface area contributed by atoms with Crippen molar-refractivity contribution in [3.05, 3.63) is 83.3 Å². The smallest absolute Gasteiger partial charge is 0.259 e. The van der Waals surface area contributed by atoms with Crippen LogP contribution in [0.3, 0.4) is 0 Å². The molecule has 1 aromatic carbocycles. The van der Waals surface area contributed by atoms with Crippen LogP contribution in [0.1, 0.15) is 15.9 Å². The van der Waals surface area contributed by atoms with Gasteiger partial charge in [-0.1, -0.05) is 17.7 Å². The second-order valence-electron chi connectivity index (χ2n) is 5.40. The van der Waals surface area contributed by atoms with Gasteiger partial charge in [-0.05, 0) is 54.4 Å². The Morgan fingerprint density at radius 3 is 2.62 bits per heavy atom. The molecule has 134 valence electrons. The highest BCUT2D eigenvalue weighted by molar-refractivity contribution is 6.31. The molecule has 2 N–H and O–H groups in total. The summed E-state index contributed by atoms with van der Waals surface area (Å²) >= 11 is 5.95. The first-order valence-corrected chi connectivity index (χ1v) is 8.25. The number of carbonyl (C=O) groups is 1. The average Bonchev–Trinajstić information content (AvgIpc) is 2.63. The van der Waals surface area contributed by atoms with Crippen molar-refractivity contribution >= 4 is 41.4 Å². The molecule has 0 unspecified atom stereocenters. The third-order valence-corrected chi connectivity index (χ3v) is 3.83. The van der Waals surface area contributed by atoms with Crippen molar-refractivity contribution in [3.63, 3.8) is 0 Å². The second kappa shape index (κ2) is 9.75. The van der Waals surface area contributed by atoms with E-state index in [4.69, 9.17) is 11.6 Å². The summed E-state index contributed by atoms with van der Waals surface area (Å²) in [5.41, 5.74) is 2.30. The number of hydrogen-bond acceptors (Lipinski definition) is 4. The number of nitrogens with zero attached hydrogens (tertiary/aromatic N) is 2. The highest BCUT2D eigenvalue weighted by Crippen LogP contribution is 2.18. The lowest BCUT2D eigenvalue weighted by molar-refractivity contribution is 0.102. The predicted octanol–water partition coefficient (Wildman–Crippen LogP) is 4.46. The topological polar surface area (TPSA) is 66.9 Å². The number of aromatic nitrogens is 2. The van der Waals surface area contributed by atoms with Gasteiger partial charge in [-0.2, -0.15) is 0 Å². The Labute approximate surface area is 163 Å². The zero-order chi connectivity index (χ0) is 17.5. The van der Waals surface area contributed by atoms with Crippen LogP contribution in [0.4, 0.5) is 11.5 Å². The third-order valence-electron chi connectivity index (χ3n) is 3.59. The standard InChI is InChI=1S/C19H17ClN4O.ClH/c20-15-3-1-4-16(13-15)24-19(25)17-5-2-9-22-18(17)23-12-8-14-6-10-21-11-7-14;/h1-7,9-11,13H,8,12H2,(H,22,23)(H,24,25);1H. The number of pyridine rings is 2. The van der Waals surface area contributed by atoms with Gasteiger partial charge in [0.1, 0.15) is 5.82 Å². The van der Waals surface area contributed by atoms with Gasteiger partial charge in [-0.15, -0.1) is 12.4 Å². The lowest BCUT2D eigenvalue weighted by atomic mass is 10.2. The van der Waals surface area contributed by atoms with Crippen LogP contribution in [0.25, 0.3) is 0 Å². The van der Waals surface area contributed by atoms with Gasteiger partial charge in [-0.25, -0.2) is 4.98 Å². The first-order valence-electron chi connectivity index (χ1n) is 7.87. The maximum Gasteiger partial charge on any atom is 0.259 e. The fraction of sp³-hybridized carbons (Fsp3) is 0.105. The SMILES string of the molecule is Cl.O=C(Nc1cccc(Cl)c1)c1cccnc1NCCc1ccncc1. The molecular formula is C19H18Cl2N4O. The summed E-state index contributed by atoms with van der Waals surface area (Å²) < 4.78 is 0. The molecule has 0 radical (unpaired) electrons. The van der Waals surface area contributed by atoms with Gasteiger partial charge in [0.2, 0.25) is 0 Å². The van der Waals surface area contributed by atoms with Crippen LogP contribution in [0.5, 0.6) is 0 Å². The van der Waals surface area contributed by atoms with Gasteiger partial charge in [0.25, 0.3) is 5.91 Å². The van der Waals surface area contributed by atoms with Crippen molar-refractivity contribution in [1.82, 2.24) is 9.97 Å². The monoisotopic (exact) mass is 388 g/mol. The van der Waals surface area contributed by atoms with Crippen molar-refractivity contribution in [2.45, 2.75) is 6.42 Å². The van der Waals surface area contributed by atoms with Gasteiger partial charge < -0.3 is 10.6 Å². The summed E-state index contributed by atoms with van der Waals surface area (Å²) in [6, 6.07) is 14.4. The number of amides is 1. The summed E-state index contributed by atoms with van der Waals surface area (Å²) in [7, 11) is 0.